The van der Waals surface area contributed by atoms with Gasteiger partial charge in [-0.05, 0) is 38.5 Å². The van der Waals surface area contributed by atoms with Crippen LogP contribution in [0.5, 0.6) is 0 Å². The first kappa shape index (κ1) is 10.0. The first-order valence-electron chi connectivity index (χ1n) is 4.74. The maximum atomic E-state index is 6.21. The average Bonchev–Trinajstić information content (AvgIpc) is 1.79. The Morgan fingerprint density at radius 2 is 1.33 bits per heavy atom. The molecule has 0 saturated heterocycles. The predicted molar refractivity (Wildman–Crippen MR) is 52.8 cm³/mol. The summed E-state index contributed by atoms with van der Waals surface area (Å²) in [4.78, 5) is 0. The van der Waals surface area contributed by atoms with E-state index < -0.39 is 0 Å². The van der Waals surface area contributed by atoms with Crippen LogP contribution in [-0.4, -0.2) is 11.1 Å². The first-order chi connectivity index (χ1) is 5.16. The largest absolute Gasteiger partial charge is 0.324 e. The van der Waals surface area contributed by atoms with E-state index in [-0.39, 0.29) is 11.1 Å². The standard InChI is InChI=1S/C10H22N2/c1-8(2)5-6-9(3,11)10(4,12)7-8/h5-7,11-12H2,1-4H3. The maximum Gasteiger partial charge on any atom is 0.0310 e. The molecule has 1 aliphatic carbocycles. The molecule has 0 aliphatic heterocycles. The molecule has 0 aromatic heterocycles. The highest BCUT2D eigenvalue weighted by atomic mass is 14.9. The molecule has 2 nitrogen and oxygen atoms in total. The van der Waals surface area contributed by atoms with Gasteiger partial charge in [0.1, 0.15) is 0 Å². The lowest BCUT2D eigenvalue weighted by Crippen LogP contribution is -2.66. The topological polar surface area (TPSA) is 52.0 Å². The third-order valence-electron chi connectivity index (χ3n) is 3.47. The van der Waals surface area contributed by atoms with Crippen LogP contribution in [0.25, 0.3) is 0 Å². The van der Waals surface area contributed by atoms with Crippen molar-refractivity contribution in [3.8, 4) is 0 Å². The van der Waals surface area contributed by atoms with Crippen LogP contribution in [0, 0.1) is 5.41 Å². The van der Waals surface area contributed by atoms with Crippen molar-refractivity contribution < 1.29 is 0 Å². The van der Waals surface area contributed by atoms with Gasteiger partial charge in [-0.3, -0.25) is 0 Å². The second-order valence-electron chi connectivity index (χ2n) is 5.68. The van der Waals surface area contributed by atoms with E-state index in [0.717, 1.165) is 12.8 Å². The van der Waals surface area contributed by atoms with E-state index in [4.69, 9.17) is 11.5 Å². The molecule has 2 heteroatoms. The highest BCUT2D eigenvalue weighted by Crippen LogP contribution is 2.43. The van der Waals surface area contributed by atoms with Crippen molar-refractivity contribution >= 4 is 0 Å². The van der Waals surface area contributed by atoms with Crippen LogP contribution in [0.15, 0.2) is 0 Å². The molecule has 4 N–H and O–H groups in total. The van der Waals surface area contributed by atoms with Gasteiger partial charge in [0.05, 0.1) is 0 Å². The molecule has 0 spiro atoms. The van der Waals surface area contributed by atoms with E-state index in [1.807, 2.05) is 0 Å². The van der Waals surface area contributed by atoms with Crippen LogP contribution in [-0.2, 0) is 0 Å². The van der Waals surface area contributed by atoms with Crippen molar-refractivity contribution in [2.45, 2.75) is 58.0 Å². The third kappa shape index (κ3) is 1.64. The minimum absolute atomic E-state index is 0.192. The van der Waals surface area contributed by atoms with Gasteiger partial charge in [0, 0.05) is 11.1 Å². The monoisotopic (exact) mass is 170 g/mol. The average molecular weight is 170 g/mol. The summed E-state index contributed by atoms with van der Waals surface area (Å²) in [6.45, 7) is 8.69. The molecule has 0 radical (unpaired) electrons. The number of hydrogen-bond acceptors (Lipinski definition) is 2. The number of nitrogens with two attached hydrogens (primary N) is 2. The zero-order valence-electron chi connectivity index (χ0n) is 8.78. The Labute approximate surface area is 75.7 Å². The van der Waals surface area contributed by atoms with Gasteiger partial charge in [0.2, 0.25) is 0 Å². The minimum Gasteiger partial charge on any atom is -0.324 e. The quantitative estimate of drug-likeness (QED) is 0.580. The summed E-state index contributed by atoms with van der Waals surface area (Å²) < 4.78 is 0. The molecule has 0 amide bonds. The summed E-state index contributed by atoms with van der Waals surface area (Å²) in [5, 5.41) is 0. The summed E-state index contributed by atoms with van der Waals surface area (Å²) in [6, 6.07) is 0. The molecule has 1 rings (SSSR count). The summed E-state index contributed by atoms with van der Waals surface area (Å²) >= 11 is 0. The molecule has 0 aromatic carbocycles. The van der Waals surface area contributed by atoms with E-state index >= 15 is 0 Å². The Balaban J connectivity index is 2.82. The van der Waals surface area contributed by atoms with Gasteiger partial charge >= 0.3 is 0 Å². The fourth-order valence-electron chi connectivity index (χ4n) is 2.17. The Hall–Kier alpha value is -0.0800. The number of rotatable bonds is 0. The van der Waals surface area contributed by atoms with Crippen molar-refractivity contribution in [1.82, 2.24) is 0 Å². The van der Waals surface area contributed by atoms with Crippen molar-refractivity contribution in [2.24, 2.45) is 16.9 Å². The van der Waals surface area contributed by atoms with Gasteiger partial charge in [-0.25, -0.2) is 0 Å². The van der Waals surface area contributed by atoms with Crippen LogP contribution >= 0.6 is 0 Å². The van der Waals surface area contributed by atoms with E-state index in [2.05, 4.69) is 27.7 Å². The fourth-order valence-corrected chi connectivity index (χ4v) is 2.17. The molecule has 0 aromatic rings. The Kier molecular flexibility index (Phi) is 2.05. The second kappa shape index (κ2) is 2.46. The van der Waals surface area contributed by atoms with Crippen LogP contribution in [0.3, 0.4) is 0 Å². The van der Waals surface area contributed by atoms with Gasteiger partial charge in [0.25, 0.3) is 0 Å². The lowest BCUT2D eigenvalue weighted by molar-refractivity contribution is 0.0863. The highest BCUT2D eigenvalue weighted by Gasteiger charge is 2.46. The Morgan fingerprint density at radius 1 is 0.833 bits per heavy atom. The van der Waals surface area contributed by atoms with Crippen LogP contribution in [0.4, 0.5) is 0 Å². The molecule has 72 valence electrons. The van der Waals surface area contributed by atoms with Crippen molar-refractivity contribution in [2.75, 3.05) is 0 Å². The van der Waals surface area contributed by atoms with Crippen molar-refractivity contribution in [3.63, 3.8) is 0 Å². The third-order valence-corrected chi connectivity index (χ3v) is 3.47. The zero-order chi connectivity index (χ0) is 9.62. The van der Waals surface area contributed by atoms with Gasteiger partial charge in [-0.1, -0.05) is 13.8 Å². The molecule has 1 saturated carbocycles. The zero-order valence-corrected chi connectivity index (χ0v) is 8.78. The Morgan fingerprint density at radius 3 is 1.67 bits per heavy atom. The summed E-state index contributed by atoms with van der Waals surface area (Å²) in [6.07, 6.45) is 3.24. The molecular weight excluding hydrogens is 148 g/mol. The molecule has 1 fully saturated rings. The molecule has 12 heavy (non-hydrogen) atoms. The van der Waals surface area contributed by atoms with Crippen LogP contribution in [0.2, 0.25) is 0 Å². The SMILES string of the molecule is CC1(C)CCC(C)(N)C(C)(N)C1. The van der Waals surface area contributed by atoms with Crippen molar-refractivity contribution in [3.05, 3.63) is 0 Å². The van der Waals surface area contributed by atoms with E-state index in [1.165, 1.54) is 6.42 Å². The maximum absolute atomic E-state index is 6.21. The molecule has 2 unspecified atom stereocenters. The van der Waals surface area contributed by atoms with Gasteiger partial charge in [-0.15, -0.1) is 0 Å². The van der Waals surface area contributed by atoms with Crippen LogP contribution < -0.4 is 11.5 Å². The van der Waals surface area contributed by atoms with Gasteiger partial charge < -0.3 is 11.5 Å². The van der Waals surface area contributed by atoms with E-state index in [9.17, 15) is 0 Å². The Bertz CT molecular complexity index is 180. The summed E-state index contributed by atoms with van der Waals surface area (Å²) in [5.74, 6) is 0. The van der Waals surface area contributed by atoms with E-state index in [1.54, 1.807) is 0 Å². The lowest BCUT2D eigenvalue weighted by atomic mass is 9.61. The second-order valence-corrected chi connectivity index (χ2v) is 5.68. The highest BCUT2D eigenvalue weighted by molar-refractivity contribution is 5.07. The first-order valence-corrected chi connectivity index (χ1v) is 4.74. The normalized spacial score (nSPS) is 47.5. The molecule has 1 aliphatic rings. The summed E-state index contributed by atoms with van der Waals surface area (Å²) in [5.41, 5.74) is 12.3. The van der Waals surface area contributed by atoms with E-state index in [0.29, 0.717) is 5.41 Å². The van der Waals surface area contributed by atoms with Gasteiger partial charge in [0.15, 0.2) is 0 Å². The summed E-state index contributed by atoms with van der Waals surface area (Å²) in [7, 11) is 0. The van der Waals surface area contributed by atoms with Gasteiger partial charge in [-0.2, -0.15) is 0 Å². The fraction of sp³-hybridized carbons (Fsp3) is 1.00. The molecule has 0 bridgehead atoms. The minimum atomic E-state index is -0.214. The molecular formula is C10H22N2. The predicted octanol–water partition coefficient (Wildman–Crippen LogP) is 1.63. The van der Waals surface area contributed by atoms with Crippen molar-refractivity contribution in [1.29, 1.82) is 0 Å². The molecule has 0 heterocycles. The molecule has 2 atom stereocenters. The smallest absolute Gasteiger partial charge is 0.0310 e. The number of hydrogen-bond donors (Lipinski definition) is 2. The van der Waals surface area contributed by atoms with Crippen LogP contribution in [0.1, 0.15) is 47.0 Å². The lowest BCUT2D eigenvalue weighted by Gasteiger charge is -2.51.